The van der Waals surface area contributed by atoms with E-state index in [9.17, 15) is 18.0 Å². The normalized spacial score (nSPS) is 11.2. The summed E-state index contributed by atoms with van der Waals surface area (Å²) in [6, 6.07) is 0. The molecular formula is C9H16O6S. The Morgan fingerprint density at radius 1 is 0.812 bits per heavy atom. The molecule has 0 spiro atoms. The topological polar surface area (TPSA) is 109 Å². The van der Waals surface area contributed by atoms with Gasteiger partial charge < -0.3 is 10.2 Å². The van der Waals surface area contributed by atoms with E-state index in [1.807, 2.05) is 0 Å². The largest absolute Gasteiger partial charge is 0.481 e. The third-order valence-corrected chi connectivity index (χ3v) is 3.71. The smallest absolute Gasteiger partial charge is 0.304 e. The molecule has 7 heteroatoms. The number of hydrogen-bond donors (Lipinski definition) is 2. The molecule has 0 aliphatic rings. The minimum Gasteiger partial charge on any atom is -0.481 e. The van der Waals surface area contributed by atoms with Crippen molar-refractivity contribution in [1.29, 1.82) is 0 Å². The molecule has 0 bridgehead atoms. The standard InChI is InChI=1S/C9H16O6S/c10-8(11)4-2-1-3-6-16(14,15)7-5-9(12)13/h1-7H2,(H,10,11)(H,12,13). The van der Waals surface area contributed by atoms with Gasteiger partial charge in [0.05, 0.1) is 17.9 Å². The lowest BCUT2D eigenvalue weighted by atomic mass is 10.2. The summed E-state index contributed by atoms with van der Waals surface area (Å²) < 4.78 is 22.5. The Morgan fingerprint density at radius 3 is 1.88 bits per heavy atom. The zero-order valence-corrected chi connectivity index (χ0v) is 9.70. The molecule has 0 amide bonds. The maximum absolute atomic E-state index is 11.3. The van der Waals surface area contributed by atoms with E-state index >= 15 is 0 Å². The highest BCUT2D eigenvalue weighted by molar-refractivity contribution is 7.91. The van der Waals surface area contributed by atoms with Crippen molar-refractivity contribution < 1.29 is 28.2 Å². The van der Waals surface area contributed by atoms with Crippen LogP contribution in [0.15, 0.2) is 0 Å². The third kappa shape index (κ3) is 9.45. The van der Waals surface area contributed by atoms with Crippen LogP contribution in [0.1, 0.15) is 32.1 Å². The predicted octanol–water partition coefficient (Wildman–Crippen LogP) is 0.521. The number of carboxylic acid groups (broad SMARTS) is 2. The highest BCUT2D eigenvalue weighted by Crippen LogP contribution is 2.04. The van der Waals surface area contributed by atoms with E-state index in [4.69, 9.17) is 10.2 Å². The van der Waals surface area contributed by atoms with E-state index in [1.165, 1.54) is 0 Å². The van der Waals surface area contributed by atoms with Crippen LogP contribution >= 0.6 is 0 Å². The molecule has 0 aliphatic heterocycles. The summed E-state index contributed by atoms with van der Waals surface area (Å²) in [4.78, 5) is 20.3. The monoisotopic (exact) mass is 252 g/mol. The summed E-state index contributed by atoms with van der Waals surface area (Å²) in [5.74, 6) is -2.44. The van der Waals surface area contributed by atoms with E-state index in [0.717, 1.165) is 0 Å². The van der Waals surface area contributed by atoms with Crippen LogP contribution in [0, 0.1) is 0 Å². The molecule has 16 heavy (non-hydrogen) atoms. The first-order chi connectivity index (χ1) is 7.33. The summed E-state index contributed by atoms with van der Waals surface area (Å²) in [6.45, 7) is 0. The van der Waals surface area contributed by atoms with Gasteiger partial charge in [-0.25, -0.2) is 8.42 Å². The maximum atomic E-state index is 11.3. The van der Waals surface area contributed by atoms with Crippen molar-refractivity contribution >= 4 is 21.8 Å². The van der Waals surface area contributed by atoms with Crippen LogP contribution in [0.3, 0.4) is 0 Å². The fourth-order valence-corrected chi connectivity index (χ4v) is 2.45. The molecule has 6 nitrogen and oxygen atoms in total. The fraction of sp³-hybridized carbons (Fsp3) is 0.778. The molecule has 0 rings (SSSR count). The molecule has 0 saturated carbocycles. The molecule has 2 N–H and O–H groups in total. The van der Waals surface area contributed by atoms with Crippen LogP contribution in [-0.2, 0) is 19.4 Å². The van der Waals surface area contributed by atoms with Gasteiger partial charge in [0.25, 0.3) is 0 Å². The number of aliphatic carboxylic acids is 2. The molecule has 0 aromatic heterocycles. The molecule has 0 atom stereocenters. The molecule has 0 aromatic carbocycles. The second-order valence-corrected chi connectivity index (χ2v) is 5.80. The van der Waals surface area contributed by atoms with E-state index in [-0.39, 0.29) is 24.3 Å². The van der Waals surface area contributed by atoms with E-state index in [0.29, 0.717) is 19.3 Å². The summed E-state index contributed by atoms with van der Waals surface area (Å²) >= 11 is 0. The number of hydrogen-bond acceptors (Lipinski definition) is 4. The second-order valence-electron chi connectivity index (χ2n) is 3.50. The van der Waals surface area contributed by atoms with E-state index in [2.05, 4.69) is 0 Å². The maximum Gasteiger partial charge on any atom is 0.304 e. The number of sulfone groups is 1. The van der Waals surface area contributed by atoms with Crippen molar-refractivity contribution in [2.75, 3.05) is 11.5 Å². The van der Waals surface area contributed by atoms with Crippen molar-refractivity contribution in [3.63, 3.8) is 0 Å². The molecule has 0 radical (unpaired) electrons. The number of carboxylic acids is 2. The second kappa shape index (κ2) is 7.21. The van der Waals surface area contributed by atoms with Crippen molar-refractivity contribution in [2.24, 2.45) is 0 Å². The highest BCUT2D eigenvalue weighted by Gasteiger charge is 2.12. The quantitative estimate of drug-likeness (QED) is 0.579. The summed E-state index contributed by atoms with van der Waals surface area (Å²) in [7, 11) is -3.31. The zero-order chi connectivity index (χ0) is 12.6. The average Bonchev–Trinajstić information content (AvgIpc) is 2.14. The van der Waals surface area contributed by atoms with Gasteiger partial charge in [-0.05, 0) is 12.8 Å². The molecule has 0 fully saturated rings. The molecule has 0 heterocycles. The van der Waals surface area contributed by atoms with Crippen molar-refractivity contribution in [2.45, 2.75) is 32.1 Å². The van der Waals surface area contributed by atoms with Crippen LogP contribution in [0.4, 0.5) is 0 Å². The van der Waals surface area contributed by atoms with Gasteiger partial charge in [0.1, 0.15) is 0 Å². The molecule has 0 unspecified atom stereocenters. The summed E-state index contributed by atoms with van der Waals surface area (Å²) in [5.41, 5.74) is 0. The van der Waals surface area contributed by atoms with Crippen molar-refractivity contribution in [1.82, 2.24) is 0 Å². The first kappa shape index (κ1) is 14.9. The lowest BCUT2D eigenvalue weighted by molar-refractivity contribution is -0.137. The SMILES string of the molecule is O=C(O)CCCCCS(=O)(=O)CCC(=O)O. The van der Waals surface area contributed by atoms with Gasteiger partial charge in [0, 0.05) is 6.42 Å². The molecular weight excluding hydrogens is 236 g/mol. The Hall–Kier alpha value is -1.11. The van der Waals surface area contributed by atoms with Gasteiger partial charge >= 0.3 is 11.9 Å². The van der Waals surface area contributed by atoms with Crippen LogP contribution in [0.5, 0.6) is 0 Å². The zero-order valence-electron chi connectivity index (χ0n) is 8.89. The van der Waals surface area contributed by atoms with E-state index < -0.39 is 21.8 Å². The van der Waals surface area contributed by atoms with Crippen LogP contribution in [-0.4, -0.2) is 42.1 Å². The Morgan fingerprint density at radius 2 is 1.38 bits per heavy atom. The number of unbranched alkanes of at least 4 members (excludes halogenated alkanes) is 2. The molecule has 94 valence electrons. The van der Waals surface area contributed by atoms with Gasteiger partial charge in [-0.3, -0.25) is 9.59 Å². The van der Waals surface area contributed by atoms with Crippen LogP contribution in [0.25, 0.3) is 0 Å². The predicted molar refractivity (Wildman–Crippen MR) is 57.0 cm³/mol. The summed E-state index contributed by atoms with van der Waals surface area (Å²) in [6.07, 6.45) is 1.02. The van der Waals surface area contributed by atoms with E-state index in [1.54, 1.807) is 0 Å². The van der Waals surface area contributed by atoms with Crippen LogP contribution in [0.2, 0.25) is 0 Å². The first-order valence-electron chi connectivity index (χ1n) is 4.97. The van der Waals surface area contributed by atoms with Gasteiger partial charge in [-0.15, -0.1) is 0 Å². The Bertz CT molecular complexity index is 332. The Labute approximate surface area is 94.2 Å². The van der Waals surface area contributed by atoms with Crippen molar-refractivity contribution in [3.8, 4) is 0 Å². The van der Waals surface area contributed by atoms with Gasteiger partial charge in [-0.2, -0.15) is 0 Å². The average molecular weight is 252 g/mol. The van der Waals surface area contributed by atoms with Gasteiger partial charge in [0.15, 0.2) is 9.84 Å². The highest BCUT2D eigenvalue weighted by atomic mass is 32.2. The van der Waals surface area contributed by atoms with Gasteiger partial charge in [-0.1, -0.05) is 6.42 Å². The molecule has 0 aromatic rings. The fourth-order valence-electron chi connectivity index (χ4n) is 1.12. The van der Waals surface area contributed by atoms with Crippen molar-refractivity contribution in [3.05, 3.63) is 0 Å². The Kier molecular flexibility index (Phi) is 6.71. The molecule has 0 saturated heterocycles. The first-order valence-corrected chi connectivity index (χ1v) is 6.79. The minimum atomic E-state index is -3.31. The summed E-state index contributed by atoms with van der Waals surface area (Å²) in [5, 5.41) is 16.7. The lowest BCUT2D eigenvalue weighted by Crippen LogP contribution is -2.14. The lowest BCUT2D eigenvalue weighted by Gasteiger charge is -2.02. The number of carbonyl (C=O) groups is 2. The Balaban J connectivity index is 3.66. The van der Waals surface area contributed by atoms with Crippen LogP contribution < -0.4 is 0 Å². The third-order valence-electron chi connectivity index (χ3n) is 1.97. The van der Waals surface area contributed by atoms with Gasteiger partial charge in [0.2, 0.25) is 0 Å². The number of rotatable bonds is 9. The molecule has 0 aliphatic carbocycles. The minimum absolute atomic E-state index is 0.0369.